The number of rotatable bonds is 10. The van der Waals surface area contributed by atoms with Crippen molar-refractivity contribution in [3.05, 3.63) is 83.4 Å². The quantitative estimate of drug-likeness (QED) is 0.0597. The van der Waals surface area contributed by atoms with Crippen molar-refractivity contribution in [2.24, 2.45) is 28.3 Å². The second-order valence-electron chi connectivity index (χ2n) is 13.4. The van der Waals surface area contributed by atoms with Gasteiger partial charge in [0.1, 0.15) is 5.71 Å². The molecule has 46 heavy (non-hydrogen) atoms. The average Bonchev–Trinajstić information content (AvgIpc) is 3.39. The molecule has 4 aliphatic rings. The summed E-state index contributed by atoms with van der Waals surface area (Å²) in [6.45, 7) is 2.79. The lowest BCUT2D eigenvalue weighted by atomic mass is 9.48. The summed E-state index contributed by atoms with van der Waals surface area (Å²) in [5, 5.41) is 5.71. The van der Waals surface area contributed by atoms with Crippen molar-refractivity contribution in [2.45, 2.75) is 64.8 Å². The molecule has 3 aromatic carbocycles. The number of aromatic nitrogens is 1. The Labute approximate surface area is 267 Å². The Morgan fingerprint density at radius 3 is 1.96 bits per heavy atom. The first-order valence-corrected chi connectivity index (χ1v) is 16.3. The van der Waals surface area contributed by atoms with E-state index in [9.17, 15) is 19.2 Å². The van der Waals surface area contributed by atoms with Crippen LogP contribution in [-0.2, 0) is 20.9 Å². The molecular formula is C38H38N2O6. The van der Waals surface area contributed by atoms with Crippen LogP contribution >= 0.6 is 0 Å². The van der Waals surface area contributed by atoms with Gasteiger partial charge in [-0.2, -0.15) is 0 Å². The number of hydrogen-bond donors (Lipinski definition) is 0. The molecule has 0 amide bonds. The molecular weight excluding hydrogens is 580 g/mol. The summed E-state index contributed by atoms with van der Waals surface area (Å²) in [6.07, 6.45) is 6.70. The van der Waals surface area contributed by atoms with Gasteiger partial charge in [0.25, 0.3) is 0 Å². The van der Waals surface area contributed by atoms with E-state index in [4.69, 9.17) is 9.57 Å². The summed E-state index contributed by atoms with van der Waals surface area (Å²) in [7, 11) is 1.27. The Balaban J connectivity index is 1.24. The highest BCUT2D eigenvalue weighted by atomic mass is 16.7. The van der Waals surface area contributed by atoms with E-state index in [2.05, 4.69) is 16.6 Å². The first-order chi connectivity index (χ1) is 22.3. The van der Waals surface area contributed by atoms with Gasteiger partial charge in [0.05, 0.1) is 19.1 Å². The SMILES string of the molecule is CCn1c2ccc(C(=O)C(CCC(=O)OC)=NOC(=O)c3ccccc3)cc2c2cc(C(=O)C34CC5CC(CC(C5)C3)C4)ccc21. The number of Topliss-reactive ketones (excluding diaryl/α,β-unsaturated/α-hetero) is 2. The summed E-state index contributed by atoms with van der Waals surface area (Å²) in [6, 6.07) is 19.9. The molecule has 0 N–H and O–H groups in total. The fourth-order valence-corrected chi connectivity index (χ4v) is 8.84. The maximum absolute atomic E-state index is 14.2. The van der Waals surface area contributed by atoms with Gasteiger partial charge in [-0.05, 0) is 112 Å². The lowest BCUT2D eigenvalue weighted by Crippen LogP contribution is -2.50. The van der Waals surface area contributed by atoms with Crippen LogP contribution in [0.25, 0.3) is 21.8 Å². The number of esters is 1. The summed E-state index contributed by atoms with van der Waals surface area (Å²) in [5.41, 5.74) is 3.03. The highest BCUT2D eigenvalue weighted by molar-refractivity contribution is 6.46. The van der Waals surface area contributed by atoms with E-state index in [1.807, 2.05) is 30.3 Å². The van der Waals surface area contributed by atoms with Crippen molar-refractivity contribution in [3.63, 3.8) is 0 Å². The van der Waals surface area contributed by atoms with E-state index < -0.39 is 17.7 Å². The van der Waals surface area contributed by atoms with Gasteiger partial charge in [-0.1, -0.05) is 23.4 Å². The van der Waals surface area contributed by atoms with Gasteiger partial charge in [0.15, 0.2) is 5.78 Å². The predicted octanol–water partition coefficient (Wildman–Crippen LogP) is 7.56. The van der Waals surface area contributed by atoms with Crippen molar-refractivity contribution in [2.75, 3.05) is 7.11 Å². The van der Waals surface area contributed by atoms with Crippen molar-refractivity contribution >= 4 is 51.0 Å². The monoisotopic (exact) mass is 618 g/mol. The van der Waals surface area contributed by atoms with Gasteiger partial charge in [0.2, 0.25) is 5.78 Å². The molecule has 4 aromatic rings. The lowest BCUT2D eigenvalue weighted by molar-refractivity contribution is -0.140. The maximum atomic E-state index is 14.2. The molecule has 0 aliphatic heterocycles. The van der Waals surface area contributed by atoms with Gasteiger partial charge in [0, 0.05) is 51.3 Å². The fraction of sp³-hybridized carbons (Fsp3) is 0.395. The van der Waals surface area contributed by atoms with Crippen molar-refractivity contribution < 1.29 is 28.8 Å². The van der Waals surface area contributed by atoms with Crippen LogP contribution < -0.4 is 0 Å². The Morgan fingerprint density at radius 1 is 0.783 bits per heavy atom. The number of ketones is 2. The van der Waals surface area contributed by atoms with Crippen LogP contribution in [-0.4, -0.2) is 40.9 Å². The molecule has 0 saturated heterocycles. The average molecular weight is 619 g/mol. The molecule has 8 nitrogen and oxygen atoms in total. The molecule has 8 heteroatoms. The minimum Gasteiger partial charge on any atom is -0.469 e. The molecule has 8 rings (SSSR count). The molecule has 236 valence electrons. The van der Waals surface area contributed by atoms with Gasteiger partial charge in [-0.25, -0.2) is 4.79 Å². The van der Waals surface area contributed by atoms with Gasteiger partial charge in [-0.15, -0.1) is 0 Å². The minimum atomic E-state index is -0.707. The van der Waals surface area contributed by atoms with E-state index in [1.165, 1.54) is 26.4 Å². The summed E-state index contributed by atoms with van der Waals surface area (Å²) >= 11 is 0. The third-order valence-electron chi connectivity index (χ3n) is 10.5. The number of ether oxygens (including phenoxy) is 1. The van der Waals surface area contributed by atoms with Crippen molar-refractivity contribution in [1.29, 1.82) is 0 Å². The molecule has 0 radical (unpaired) electrons. The number of aryl methyl sites for hydroxylation is 1. The Hall–Kier alpha value is -4.59. The molecule has 0 unspecified atom stereocenters. The largest absolute Gasteiger partial charge is 0.469 e. The highest BCUT2D eigenvalue weighted by Gasteiger charge is 2.54. The molecule has 4 aliphatic carbocycles. The first-order valence-electron chi connectivity index (χ1n) is 16.3. The maximum Gasteiger partial charge on any atom is 0.365 e. The Bertz CT molecular complexity index is 1870. The smallest absolute Gasteiger partial charge is 0.365 e. The zero-order valence-corrected chi connectivity index (χ0v) is 26.3. The molecule has 4 bridgehead atoms. The molecule has 4 fully saturated rings. The third-order valence-corrected chi connectivity index (χ3v) is 10.5. The highest BCUT2D eigenvalue weighted by Crippen LogP contribution is 2.61. The van der Waals surface area contributed by atoms with Crippen LogP contribution in [0.15, 0.2) is 71.9 Å². The summed E-state index contributed by atoms with van der Waals surface area (Å²) in [4.78, 5) is 57.8. The second-order valence-corrected chi connectivity index (χ2v) is 13.4. The normalized spacial score (nSPS) is 23.5. The third kappa shape index (κ3) is 5.33. The molecule has 1 aromatic heterocycles. The second kappa shape index (κ2) is 12.0. The number of carbonyl (C=O) groups excluding carboxylic acids is 4. The molecule has 4 saturated carbocycles. The van der Waals surface area contributed by atoms with Crippen LogP contribution in [0.3, 0.4) is 0 Å². The number of hydrogen-bond acceptors (Lipinski definition) is 7. The van der Waals surface area contributed by atoms with E-state index >= 15 is 0 Å². The molecule has 1 heterocycles. The number of benzene rings is 3. The van der Waals surface area contributed by atoms with Crippen LogP contribution in [0.2, 0.25) is 0 Å². The zero-order chi connectivity index (χ0) is 32.0. The first kappa shape index (κ1) is 30.1. The van der Waals surface area contributed by atoms with E-state index in [0.29, 0.717) is 28.9 Å². The molecule has 0 spiro atoms. The number of nitrogens with zero attached hydrogens (tertiary/aromatic N) is 2. The van der Waals surface area contributed by atoms with E-state index in [1.54, 1.807) is 36.4 Å². The van der Waals surface area contributed by atoms with E-state index in [-0.39, 0.29) is 29.8 Å². The molecule has 0 atom stereocenters. The number of methoxy groups -OCH3 is 1. The van der Waals surface area contributed by atoms with Crippen LogP contribution in [0.5, 0.6) is 0 Å². The minimum absolute atomic E-state index is 0.0634. The Kier molecular flexibility index (Phi) is 7.83. The number of oxime groups is 1. The zero-order valence-electron chi connectivity index (χ0n) is 26.3. The topological polar surface area (TPSA) is 104 Å². The summed E-state index contributed by atoms with van der Waals surface area (Å²) < 4.78 is 6.95. The van der Waals surface area contributed by atoms with Gasteiger partial charge in [-0.3, -0.25) is 14.4 Å². The van der Waals surface area contributed by atoms with Crippen molar-refractivity contribution in [1.82, 2.24) is 4.57 Å². The summed E-state index contributed by atoms with van der Waals surface area (Å²) in [5.74, 6) is 0.638. The van der Waals surface area contributed by atoms with Crippen molar-refractivity contribution in [3.8, 4) is 0 Å². The lowest BCUT2D eigenvalue weighted by Gasteiger charge is -2.56. The standard InChI is InChI=1S/C38H38N2O6/c1-3-40-32-12-9-27(35(42)31(11-14-34(41)45-2)39-46-37(44)26-7-5-4-6-8-26)18-29(32)30-19-28(10-13-33(30)40)36(43)38-20-23-15-24(21-38)17-25(16-23)22-38/h4-10,12-13,18-19,23-25H,3,11,14-17,20-22H2,1-2H3. The van der Waals surface area contributed by atoms with E-state index in [0.717, 1.165) is 53.2 Å². The number of carbonyl (C=O) groups is 4. The number of fused-ring (bicyclic) bond motifs is 3. The van der Waals surface area contributed by atoms with Crippen LogP contribution in [0.1, 0.15) is 89.4 Å². The Morgan fingerprint density at radius 2 is 1.37 bits per heavy atom. The van der Waals surface area contributed by atoms with Gasteiger partial charge >= 0.3 is 11.9 Å². The van der Waals surface area contributed by atoms with Gasteiger partial charge < -0.3 is 14.1 Å². The predicted molar refractivity (Wildman–Crippen MR) is 175 cm³/mol. The fourth-order valence-electron chi connectivity index (χ4n) is 8.84. The van der Waals surface area contributed by atoms with Crippen LogP contribution in [0.4, 0.5) is 0 Å². The van der Waals surface area contributed by atoms with Crippen LogP contribution in [0, 0.1) is 23.2 Å².